The van der Waals surface area contributed by atoms with Crippen molar-refractivity contribution in [2.24, 2.45) is 5.16 Å². The highest BCUT2D eigenvalue weighted by Crippen LogP contribution is 2.28. The number of ether oxygens (including phenoxy) is 2. The van der Waals surface area contributed by atoms with Gasteiger partial charge >= 0.3 is 6.03 Å². The topological polar surface area (TPSA) is 133 Å². The van der Waals surface area contributed by atoms with Crippen molar-refractivity contribution in [2.75, 3.05) is 40.0 Å². The Bertz CT molecular complexity index is 1360. The Labute approximate surface area is 213 Å². The highest BCUT2D eigenvalue weighted by molar-refractivity contribution is 6.10. The van der Waals surface area contributed by atoms with E-state index in [4.69, 9.17) is 9.47 Å². The largest absolute Gasteiger partial charge is 0.497 e. The van der Waals surface area contributed by atoms with Gasteiger partial charge < -0.3 is 29.8 Å². The highest BCUT2D eigenvalue weighted by atomic mass is 16.5. The molecule has 11 nitrogen and oxygen atoms in total. The number of hydrogen-bond acceptors (Lipinski definition) is 7. The number of hydrogen-bond donors (Lipinski definition) is 3. The van der Waals surface area contributed by atoms with Gasteiger partial charge in [-0.05, 0) is 29.8 Å². The molecular formula is C26H25N5O6. The molecule has 2 aromatic carbocycles. The minimum absolute atomic E-state index is 0.135. The van der Waals surface area contributed by atoms with Gasteiger partial charge in [0.05, 0.1) is 26.9 Å². The van der Waals surface area contributed by atoms with Crippen molar-refractivity contribution >= 4 is 23.7 Å². The van der Waals surface area contributed by atoms with E-state index in [9.17, 15) is 19.6 Å². The molecule has 4 amide bonds. The summed E-state index contributed by atoms with van der Waals surface area (Å²) in [6, 6.07) is 11.6. The molecule has 0 radical (unpaired) electrons. The lowest BCUT2D eigenvalue weighted by Crippen LogP contribution is -2.54. The Balaban J connectivity index is 1.42. The lowest BCUT2D eigenvalue weighted by molar-refractivity contribution is -0.122. The Morgan fingerprint density at radius 3 is 2.70 bits per heavy atom. The molecule has 190 valence electrons. The first kappa shape index (κ1) is 24.1. The number of imide groups is 1. The van der Waals surface area contributed by atoms with Crippen LogP contribution in [0.2, 0.25) is 0 Å². The maximum atomic E-state index is 13.1. The van der Waals surface area contributed by atoms with Crippen LogP contribution in [-0.4, -0.2) is 84.2 Å². The third kappa shape index (κ3) is 4.66. The van der Waals surface area contributed by atoms with Gasteiger partial charge in [-0.15, -0.1) is 0 Å². The van der Waals surface area contributed by atoms with E-state index in [-0.39, 0.29) is 19.0 Å². The quantitative estimate of drug-likeness (QED) is 0.140. The zero-order valence-corrected chi connectivity index (χ0v) is 20.1. The van der Waals surface area contributed by atoms with Crippen molar-refractivity contribution in [3.05, 3.63) is 64.7 Å². The highest BCUT2D eigenvalue weighted by Gasteiger charge is 2.48. The molecule has 37 heavy (non-hydrogen) atoms. The Morgan fingerprint density at radius 2 is 2.00 bits per heavy atom. The average Bonchev–Trinajstić information content (AvgIpc) is 3.38. The molecule has 0 unspecified atom stereocenters. The van der Waals surface area contributed by atoms with Crippen LogP contribution in [0.4, 0.5) is 4.79 Å². The van der Waals surface area contributed by atoms with E-state index in [1.807, 2.05) is 4.90 Å². The number of morpholine rings is 1. The Morgan fingerprint density at radius 1 is 1.19 bits per heavy atom. The van der Waals surface area contributed by atoms with Gasteiger partial charge in [-0.2, -0.15) is 0 Å². The van der Waals surface area contributed by atoms with Crippen molar-refractivity contribution in [2.45, 2.75) is 12.1 Å². The predicted molar refractivity (Wildman–Crippen MR) is 131 cm³/mol. The number of oxime groups is 1. The number of methoxy groups -OCH3 is 1. The maximum Gasteiger partial charge on any atom is 0.323 e. The minimum atomic E-state index is -1.63. The zero-order chi connectivity index (χ0) is 26.0. The van der Waals surface area contributed by atoms with Gasteiger partial charge in [-0.3, -0.25) is 14.9 Å². The number of carbonyl (C=O) groups is 3. The molecule has 2 fully saturated rings. The molecule has 5 rings (SSSR count). The number of rotatable bonds is 4. The van der Waals surface area contributed by atoms with Crippen molar-refractivity contribution in [1.29, 1.82) is 0 Å². The third-order valence-electron chi connectivity index (χ3n) is 6.51. The molecular weight excluding hydrogens is 478 g/mol. The maximum absolute atomic E-state index is 13.1. The molecule has 3 aliphatic heterocycles. The van der Waals surface area contributed by atoms with Crippen LogP contribution in [0.5, 0.6) is 5.75 Å². The lowest BCUT2D eigenvalue weighted by Gasteiger charge is -2.29. The molecule has 2 saturated heterocycles. The Hall–Kier alpha value is -4.56. The fourth-order valence-electron chi connectivity index (χ4n) is 4.61. The van der Waals surface area contributed by atoms with E-state index in [1.54, 1.807) is 42.5 Å². The van der Waals surface area contributed by atoms with E-state index in [0.717, 1.165) is 5.56 Å². The Kier molecular flexibility index (Phi) is 6.42. The van der Waals surface area contributed by atoms with E-state index < -0.39 is 17.5 Å². The second kappa shape index (κ2) is 9.83. The molecule has 3 heterocycles. The van der Waals surface area contributed by atoms with Crippen LogP contribution in [0.15, 0.2) is 47.6 Å². The van der Waals surface area contributed by atoms with E-state index in [1.165, 1.54) is 12.0 Å². The number of carbonyl (C=O) groups excluding carboxylic acids is 3. The molecule has 0 aromatic heterocycles. The standard InChI is InChI=1S/C26H25N5O6/c1-36-20-6-5-19-15-31(23(32)21(19)14-20)16-26(24(33)27-25(34)28-26)8-7-17-3-2-4-18(13-17)22(29-35)30-9-11-37-12-10-30/h2-6,13-14,35H,9-12,15-16H2,1H3,(H2,27,28,33,34)/t26-/m1/s1. The number of amides is 4. The van der Waals surface area contributed by atoms with Gasteiger partial charge in [0.2, 0.25) is 5.54 Å². The van der Waals surface area contributed by atoms with Gasteiger partial charge in [-0.25, -0.2) is 4.79 Å². The number of amidine groups is 1. The van der Waals surface area contributed by atoms with Crippen LogP contribution in [0.3, 0.4) is 0 Å². The fraction of sp³-hybridized carbons (Fsp3) is 0.308. The van der Waals surface area contributed by atoms with Crippen molar-refractivity contribution in [1.82, 2.24) is 20.4 Å². The van der Waals surface area contributed by atoms with E-state index in [2.05, 4.69) is 27.6 Å². The average molecular weight is 504 g/mol. The summed E-state index contributed by atoms with van der Waals surface area (Å²) in [7, 11) is 1.52. The summed E-state index contributed by atoms with van der Waals surface area (Å²) in [5.74, 6) is 5.91. The summed E-state index contributed by atoms with van der Waals surface area (Å²) >= 11 is 0. The minimum Gasteiger partial charge on any atom is -0.497 e. The van der Waals surface area contributed by atoms with Gasteiger partial charge in [0.25, 0.3) is 11.8 Å². The van der Waals surface area contributed by atoms with E-state index in [0.29, 0.717) is 54.6 Å². The first-order chi connectivity index (χ1) is 17.9. The normalized spacial score (nSPS) is 21.2. The number of fused-ring (bicyclic) bond motifs is 1. The molecule has 3 N–H and O–H groups in total. The second-order valence-corrected chi connectivity index (χ2v) is 8.85. The molecule has 2 aromatic rings. The summed E-state index contributed by atoms with van der Waals surface area (Å²) in [6.45, 7) is 2.37. The van der Waals surface area contributed by atoms with Gasteiger partial charge in [0.1, 0.15) is 5.75 Å². The van der Waals surface area contributed by atoms with Crippen molar-refractivity contribution in [3.8, 4) is 17.6 Å². The van der Waals surface area contributed by atoms with Gasteiger partial charge in [-0.1, -0.05) is 35.2 Å². The first-order valence-corrected chi connectivity index (χ1v) is 11.7. The number of benzene rings is 2. The third-order valence-corrected chi connectivity index (χ3v) is 6.51. The molecule has 1 atom stereocenters. The van der Waals surface area contributed by atoms with Crippen LogP contribution in [-0.2, 0) is 16.1 Å². The van der Waals surface area contributed by atoms with Gasteiger partial charge in [0.15, 0.2) is 5.84 Å². The van der Waals surface area contributed by atoms with Crippen LogP contribution < -0.4 is 15.4 Å². The summed E-state index contributed by atoms with van der Waals surface area (Å²) in [6.07, 6.45) is 0. The van der Waals surface area contributed by atoms with Crippen LogP contribution in [0.1, 0.15) is 27.0 Å². The summed E-state index contributed by atoms with van der Waals surface area (Å²) in [5.41, 5.74) is 0.835. The summed E-state index contributed by atoms with van der Waals surface area (Å²) in [4.78, 5) is 41.5. The zero-order valence-electron chi connectivity index (χ0n) is 20.1. The first-order valence-electron chi connectivity index (χ1n) is 11.7. The lowest BCUT2D eigenvalue weighted by atomic mass is 9.98. The summed E-state index contributed by atoms with van der Waals surface area (Å²) in [5, 5.41) is 18.0. The van der Waals surface area contributed by atoms with Gasteiger partial charge in [0, 0.05) is 36.3 Å². The summed E-state index contributed by atoms with van der Waals surface area (Å²) < 4.78 is 10.6. The molecule has 3 aliphatic rings. The SMILES string of the molecule is COc1ccc2c(c1)C(=O)N(C[C@@]1(C#Cc3cccc(C(=NO)N4CCOCC4)c3)NC(=O)NC1=O)C2. The molecule has 0 aliphatic carbocycles. The molecule has 0 saturated carbocycles. The number of nitrogens with one attached hydrogen (secondary N) is 2. The predicted octanol–water partition coefficient (Wildman–Crippen LogP) is 0.749. The molecule has 0 bridgehead atoms. The smallest absolute Gasteiger partial charge is 0.323 e. The number of urea groups is 1. The van der Waals surface area contributed by atoms with Crippen LogP contribution in [0.25, 0.3) is 0 Å². The second-order valence-electron chi connectivity index (χ2n) is 8.85. The molecule has 0 spiro atoms. The number of nitrogens with zero attached hydrogens (tertiary/aromatic N) is 3. The van der Waals surface area contributed by atoms with E-state index >= 15 is 0 Å². The van der Waals surface area contributed by atoms with Crippen molar-refractivity contribution < 1.29 is 29.1 Å². The van der Waals surface area contributed by atoms with Crippen molar-refractivity contribution in [3.63, 3.8) is 0 Å². The monoisotopic (exact) mass is 503 g/mol. The van der Waals surface area contributed by atoms with Crippen LogP contribution in [0, 0.1) is 11.8 Å². The molecule has 11 heteroatoms. The van der Waals surface area contributed by atoms with Crippen LogP contribution >= 0.6 is 0 Å². The fourth-order valence-corrected chi connectivity index (χ4v) is 4.61.